The van der Waals surface area contributed by atoms with Gasteiger partial charge in [0, 0.05) is 50.0 Å². The van der Waals surface area contributed by atoms with Crippen molar-refractivity contribution in [1.29, 1.82) is 0 Å². The highest BCUT2D eigenvalue weighted by molar-refractivity contribution is 5.94. The van der Waals surface area contributed by atoms with E-state index in [0.29, 0.717) is 57.4 Å². The number of hydrogen-bond acceptors (Lipinski definition) is 26. The molecule has 0 aromatic heterocycles. The van der Waals surface area contributed by atoms with Crippen molar-refractivity contribution in [2.24, 2.45) is 88.4 Å². The van der Waals surface area contributed by atoms with Crippen LogP contribution in [0.4, 0.5) is 19.2 Å². The summed E-state index contributed by atoms with van der Waals surface area (Å²) >= 11 is 0. The third-order valence-electron chi connectivity index (χ3n) is 21.0. The van der Waals surface area contributed by atoms with Crippen molar-refractivity contribution in [1.82, 2.24) is 31.9 Å². The molecule has 6 rings (SSSR count). The molecule has 1 aliphatic carbocycles. The van der Waals surface area contributed by atoms with Gasteiger partial charge in [-0.2, -0.15) is 0 Å². The molecule has 4 aromatic carbocycles. The molecule has 1 saturated carbocycles. The number of nitrogens with one attached hydrogen (secondary N) is 6. The van der Waals surface area contributed by atoms with Gasteiger partial charge < -0.3 is 91.5 Å². The predicted molar refractivity (Wildman–Crippen MR) is 509 cm³/mol. The van der Waals surface area contributed by atoms with Gasteiger partial charge >= 0.3 is 60.2 Å². The Morgan fingerprint density at radius 1 is 0.373 bits per heavy atom. The molecule has 1 saturated heterocycles. The van der Waals surface area contributed by atoms with Crippen LogP contribution >= 0.6 is 24.8 Å². The number of halogens is 2. The lowest BCUT2D eigenvalue weighted by Crippen LogP contribution is -2.48. The van der Waals surface area contributed by atoms with E-state index in [2.05, 4.69) is 41.4 Å². The van der Waals surface area contributed by atoms with E-state index < -0.39 is 126 Å². The SMILES string of the molecule is CC(C)C[C@H](CC(=O)[C@@H](NC(=O)OCc1ccccc1)C(C)C)C(=O)O.CC(C)[C@H](NC(=O)OCc1ccccc1)C(=O)O.COC(=O)[C@@H](CC(=O)[C@@H](NC(=O)OCc1ccccc1)C(C)C)CC(C)C.COC(=O)[C@@H](N)CC(C)C.COC(=O)[C@@H](N)C[C@@H]1CCCC1=O.COC(=O)[C@H](C[C@@H]1CCNC1=O)NC(=O)[C@@H](CC(=O)[C@@H](NC(=O)OCc1ccccc1)C(C)C)CC(C)C.Cl.Cl. The topological polar surface area (TPSA) is 512 Å². The molecular weight excluding hydrogens is 1780 g/mol. The van der Waals surface area contributed by atoms with E-state index in [-0.39, 0.29) is 159 Å². The molecule has 34 nitrogen and oxygen atoms in total. The van der Waals surface area contributed by atoms with E-state index >= 15 is 0 Å². The molecule has 0 bridgehead atoms. The number of hydrogen-bond donors (Lipinski definition) is 10. The normalized spacial score (nSPS) is 15.1. The van der Waals surface area contributed by atoms with Crippen molar-refractivity contribution in [3.8, 4) is 0 Å². The average Bonchev–Trinajstić information content (AvgIpc) is 1.29. The molecule has 12 N–H and O–H groups in total. The second-order valence-electron chi connectivity index (χ2n) is 35.7. The van der Waals surface area contributed by atoms with Gasteiger partial charge in [0.05, 0.1) is 58.4 Å². The molecule has 6 amide bonds. The number of carboxylic acids is 2. The predicted octanol–water partition coefficient (Wildman–Crippen LogP) is 13.8. The Bertz CT molecular complexity index is 4180. The summed E-state index contributed by atoms with van der Waals surface area (Å²) in [6, 6.07) is 31.5. The third kappa shape index (κ3) is 53.1. The minimum absolute atomic E-state index is 0. The summed E-state index contributed by atoms with van der Waals surface area (Å²) in [5.41, 5.74) is 14.4. The van der Waals surface area contributed by atoms with Gasteiger partial charge in [-0.3, -0.25) is 47.9 Å². The van der Waals surface area contributed by atoms with Crippen molar-refractivity contribution in [3.63, 3.8) is 0 Å². The Labute approximate surface area is 802 Å². The number of amides is 6. The van der Waals surface area contributed by atoms with Gasteiger partial charge in [-0.1, -0.05) is 232 Å². The maximum Gasteiger partial charge on any atom is 0.408 e. The number of Topliss-reactive ketones (excluding diaryl/α,β-unsaturated/α-hetero) is 4. The number of alkyl carbamates (subject to hydrolysis) is 4. The van der Waals surface area contributed by atoms with E-state index in [9.17, 15) is 81.8 Å². The number of rotatable bonds is 45. The Kier molecular flexibility index (Phi) is 64.2. The van der Waals surface area contributed by atoms with Crippen LogP contribution in [0.15, 0.2) is 121 Å². The number of carboxylic acid groups (broad SMARTS) is 2. The zero-order valence-corrected chi connectivity index (χ0v) is 83.1. The maximum absolute atomic E-state index is 13.3. The van der Waals surface area contributed by atoms with Crippen molar-refractivity contribution >= 4 is 120 Å². The lowest BCUT2D eigenvalue weighted by atomic mass is 9.87. The first kappa shape index (κ1) is 125. The number of nitrogens with two attached hydrogens (primary N) is 2. The van der Waals surface area contributed by atoms with Gasteiger partial charge in [0.2, 0.25) is 11.8 Å². The largest absolute Gasteiger partial charge is 0.481 e. The van der Waals surface area contributed by atoms with Gasteiger partial charge in [0.25, 0.3) is 0 Å². The van der Waals surface area contributed by atoms with Crippen LogP contribution < -0.4 is 43.4 Å². The minimum Gasteiger partial charge on any atom is -0.481 e. The molecule has 752 valence electrons. The van der Waals surface area contributed by atoms with E-state index in [0.717, 1.165) is 35.1 Å². The molecule has 2 aliphatic rings. The number of carbonyl (C=O) groups excluding carboxylic acids is 14. The average molecular weight is 1930 g/mol. The number of carbonyl (C=O) groups is 16. The number of esters is 4. The van der Waals surface area contributed by atoms with Crippen LogP contribution in [-0.2, 0) is 122 Å². The summed E-state index contributed by atoms with van der Waals surface area (Å²) in [6.07, 6.45) is 2.66. The summed E-state index contributed by atoms with van der Waals surface area (Å²) in [5, 5.41) is 33.9. The summed E-state index contributed by atoms with van der Waals surface area (Å²) < 4.78 is 39.2. The van der Waals surface area contributed by atoms with Gasteiger partial charge in [-0.15, -0.1) is 24.8 Å². The highest BCUT2D eigenvalue weighted by Crippen LogP contribution is 2.27. The molecule has 0 unspecified atom stereocenters. The second kappa shape index (κ2) is 68.8. The summed E-state index contributed by atoms with van der Waals surface area (Å²) in [7, 11) is 5.20. The molecule has 36 heteroatoms. The van der Waals surface area contributed by atoms with Gasteiger partial charge in [0.15, 0.2) is 17.3 Å². The molecule has 0 spiro atoms. The van der Waals surface area contributed by atoms with Crippen molar-refractivity contribution in [2.45, 2.75) is 263 Å². The van der Waals surface area contributed by atoms with E-state index in [1.54, 1.807) is 41.5 Å². The van der Waals surface area contributed by atoms with Gasteiger partial charge in [0.1, 0.15) is 56.4 Å². The van der Waals surface area contributed by atoms with Gasteiger partial charge in [-0.05, 0) is 127 Å². The van der Waals surface area contributed by atoms with Crippen LogP contribution in [0.25, 0.3) is 0 Å². The Hall–Kier alpha value is -11.1. The lowest BCUT2D eigenvalue weighted by Gasteiger charge is -2.26. The fourth-order valence-electron chi connectivity index (χ4n) is 14.0. The number of benzene rings is 4. The summed E-state index contributed by atoms with van der Waals surface area (Å²) in [5.74, 6) is -7.20. The Balaban J connectivity index is 0. The molecule has 2 fully saturated rings. The summed E-state index contributed by atoms with van der Waals surface area (Å²) in [6.45, 7) is 31.0. The molecular formula is C98H150Cl2N8O26. The molecule has 4 aromatic rings. The zero-order chi connectivity index (χ0) is 99.9. The first-order chi connectivity index (χ1) is 62.2. The van der Waals surface area contributed by atoms with Crippen LogP contribution in [0.5, 0.6) is 0 Å². The highest BCUT2D eigenvalue weighted by atomic mass is 35.5. The highest BCUT2D eigenvalue weighted by Gasteiger charge is 2.38. The number of aliphatic carboxylic acids is 2. The first-order valence-corrected chi connectivity index (χ1v) is 45.0. The van der Waals surface area contributed by atoms with Crippen molar-refractivity contribution in [2.75, 3.05) is 35.0 Å². The lowest BCUT2D eigenvalue weighted by molar-refractivity contribution is -0.148. The summed E-state index contributed by atoms with van der Waals surface area (Å²) in [4.78, 5) is 191. The Morgan fingerprint density at radius 3 is 0.978 bits per heavy atom. The van der Waals surface area contributed by atoms with E-state index in [1.165, 1.54) is 28.4 Å². The molecule has 0 radical (unpaired) electrons. The van der Waals surface area contributed by atoms with Crippen molar-refractivity contribution in [3.05, 3.63) is 144 Å². The fraction of sp³-hybridized carbons (Fsp3) is 0.592. The smallest absolute Gasteiger partial charge is 0.408 e. The van der Waals surface area contributed by atoms with E-state index in [4.69, 9.17) is 45.0 Å². The Morgan fingerprint density at radius 2 is 0.687 bits per heavy atom. The first-order valence-electron chi connectivity index (χ1n) is 45.0. The van der Waals surface area contributed by atoms with Gasteiger partial charge in [-0.25, -0.2) is 28.8 Å². The van der Waals surface area contributed by atoms with Crippen molar-refractivity contribution < 1.29 is 125 Å². The standard InChI is InChI=1S/C28H41N3O7.C21H31NO5.C20H29NO5.C13H17NO4.C9H15NO3.C7H15NO2.2ClH/c1-17(2)13-21(26(34)30-22(27(35)37-5)14-20-11-12-29-25(20)33)15-23(32)24(18(3)4)31-28(36)38-16-19-9-7-6-8-10-19;1-14(2)11-17(20(24)26-5)12-18(23)19(15(3)4)22-21(25)27-13-16-9-7-6-8-10-16;1-13(2)10-16(19(23)24)11-17(22)18(14(3)4)21-20(25)26-12-15-8-6-5-7-9-15;1-9(2)11(12(15)16)14-13(17)18-8-10-6-4-3-5-7-10;1-13-9(12)7(10)5-6-3-2-4-8(6)11;1-5(2)4-6(8)7(9)10-3;;/h6-10,17-18,20-22,24H,11-16H2,1-5H3,(H,29,33)(H,30,34)(H,31,36);6-10,14-15,17,19H,11-13H2,1-5H3,(H,22,25);5-9,13-14,16,18H,10-12H2,1-4H3,(H,21,25)(H,23,24);3-7,9,11H,8H2,1-2H3,(H,14,17)(H,15,16);6-7H,2-5,10H2,1H3;5-6H,4,8H2,1-3H3;2*1H/t20-,21+,22-,24-;17-,19+;16-,18+;11-;6-,7-;6-;;/m011000../s1. The quantitative estimate of drug-likeness (QED) is 0.0145. The number of ether oxygens (including phenoxy) is 8. The van der Waals surface area contributed by atoms with Crippen LogP contribution in [0.1, 0.15) is 217 Å². The number of ketones is 4. The second-order valence-corrected chi connectivity index (χ2v) is 35.7. The monoisotopic (exact) mass is 1930 g/mol. The molecule has 1 heterocycles. The molecule has 134 heavy (non-hydrogen) atoms. The maximum atomic E-state index is 13.3. The fourth-order valence-corrected chi connectivity index (χ4v) is 14.0. The van der Waals surface area contributed by atoms with Crippen LogP contribution in [-0.4, -0.2) is 183 Å². The van der Waals surface area contributed by atoms with E-state index in [1.807, 2.05) is 191 Å². The van der Waals surface area contributed by atoms with Crippen LogP contribution in [0, 0.1) is 76.9 Å². The van der Waals surface area contributed by atoms with Crippen LogP contribution in [0.2, 0.25) is 0 Å². The van der Waals surface area contributed by atoms with Crippen LogP contribution in [0.3, 0.4) is 0 Å². The molecule has 1 aliphatic heterocycles. The third-order valence-corrected chi connectivity index (χ3v) is 21.0. The zero-order valence-electron chi connectivity index (χ0n) is 81.5. The molecule has 12 atom stereocenters. The minimum atomic E-state index is -1.07. The number of methoxy groups -OCH3 is 4.